The van der Waals surface area contributed by atoms with Gasteiger partial charge in [0.25, 0.3) is 0 Å². The first-order chi connectivity index (χ1) is 21.0. The van der Waals surface area contributed by atoms with Gasteiger partial charge in [-0.15, -0.1) is 0 Å². The highest BCUT2D eigenvalue weighted by atomic mass is 35.5. The second-order valence-corrected chi connectivity index (χ2v) is 11.4. The third-order valence-electron chi connectivity index (χ3n) is 8.13. The molecule has 44 heavy (non-hydrogen) atoms. The van der Waals surface area contributed by atoms with Crippen LogP contribution in [0.2, 0.25) is 5.02 Å². The van der Waals surface area contributed by atoms with Crippen LogP contribution in [-0.4, -0.2) is 73.9 Å². The van der Waals surface area contributed by atoms with Gasteiger partial charge in [0.1, 0.15) is 17.5 Å². The van der Waals surface area contributed by atoms with Gasteiger partial charge in [0.15, 0.2) is 0 Å². The molecule has 3 aromatic carbocycles. The van der Waals surface area contributed by atoms with Gasteiger partial charge in [-0.05, 0) is 41.8 Å². The van der Waals surface area contributed by atoms with Gasteiger partial charge in [-0.2, -0.15) is 0 Å². The molecule has 1 unspecified atom stereocenters. The number of carbonyl (C=O) groups is 4. The van der Waals surface area contributed by atoms with Crippen LogP contribution in [0.3, 0.4) is 0 Å². The van der Waals surface area contributed by atoms with Crippen LogP contribution in [0.1, 0.15) is 17.5 Å². The summed E-state index contributed by atoms with van der Waals surface area (Å²) in [5, 5.41) is 9.18. The fraction of sp³-hybridized carbons (Fsp3) is 0.312. The van der Waals surface area contributed by atoms with Crippen LogP contribution in [0.5, 0.6) is 5.75 Å². The zero-order chi connectivity index (χ0) is 31.7. The summed E-state index contributed by atoms with van der Waals surface area (Å²) in [5.41, 5.74) is 4.07. The number of ether oxygens (including phenoxy) is 1. The van der Waals surface area contributed by atoms with Gasteiger partial charge >= 0.3 is 6.03 Å². The number of amides is 5. The van der Waals surface area contributed by atoms with Crippen molar-refractivity contribution in [1.29, 1.82) is 0 Å². The van der Waals surface area contributed by atoms with Crippen LogP contribution < -0.4 is 20.7 Å². The van der Waals surface area contributed by atoms with Crippen LogP contribution in [0.25, 0.3) is 22.3 Å². The molecule has 3 aromatic rings. The summed E-state index contributed by atoms with van der Waals surface area (Å²) >= 11 is 6.95. The quantitative estimate of drug-likeness (QED) is 0.325. The zero-order valence-corrected chi connectivity index (χ0v) is 25.5. The Bertz CT molecular complexity index is 1660. The summed E-state index contributed by atoms with van der Waals surface area (Å²) < 4.78 is 21.0. The molecule has 3 N–H and O–H groups in total. The topological polar surface area (TPSA) is 120 Å². The van der Waals surface area contributed by atoms with Gasteiger partial charge in [0.2, 0.25) is 17.7 Å². The van der Waals surface area contributed by atoms with E-state index in [0.29, 0.717) is 57.2 Å². The molecule has 230 valence electrons. The lowest BCUT2D eigenvalue weighted by molar-refractivity contribution is -0.140. The monoisotopic (exact) mass is 621 g/mol. The summed E-state index contributed by atoms with van der Waals surface area (Å²) in [5.74, 6) is -2.29. The second-order valence-electron chi connectivity index (χ2n) is 11.0. The highest BCUT2D eigenvalue weighted by Crippen LogP contribution is 2.41. The number of urea groups is 1. The molecule has 2 saturated heterocycles. The van der Waals surface area contributed by atoms with E-state index in [9.17, 15) is 19.2 Å². The highest BCUT2D eigenvalue weighted by molar-refractivity contribution is 6.36. The van der Waals surface area contributed by atoms with Crippen LogP contribution in [0.4, 0.5) is 14.9 Å². The van der Waals surface area contributed by atoms with Gasteiger partial charge in [-0.25, -0.2) is 9.18 Å². The number of benzene rings is 3. The van der Waals surface area contributed by atoms with Gasteiger partial charge in [0.05, 0.1) is 12.1 Å². The standard InChI is InChI=1S/C32H33ClFN5O5/c1-17-20(7-6-10-26(17)37-30(41)24-16-38(2)32(43)39(3)31(24)42)22-9-5-8-21(29(22)33)18-11-25(34)23(27(12-18)44-4)15-35-19-13-28(40)36-14-19/h5-12,19,24,35H,13-16H2,1-4H3,(H,36,40)(H,37,41)/t19-,24?/m1/s1. The van der Waals surface area contributed by atoms with Crippen molar-refractivity contribution in [3.63, 3.8) is 0 Å². The Kier molecular flexibility index (Phi) is 8.89. The summed E-state index contributed by atoms with van der Waals surface area (Å²) in [6.07, 6.45) is 0.336. The molecular formula is C32H33ClFN5O5. The lowest BCUT2D eigenvalue weighted by Crippen LogP contribution is -2.56. The predicted molar refractivity (Wildman–Crippen MR) is 165 cm³/mol. The molecule has 2 atom stereocenters. The molecule has 5 amide bonds. The van der Waals surface area contributed by atoms with E-state index in [-0.39, 0.29) is 25.0 Å². The number of anilines is 1. The van der Waals surface area contributed by atoms with E-state index < -0.39 is 29.6 Å². The molecule has 5 rings (SSSR count). The maximum atomic E-state index is 15.4. The minimum absolute atomic E-state index is 0.0210. The smallest absolute Gasteiger partial charge is 0.326 e. The van der Waals surface area contributed by atoms with Gasteiger partial charge in [-0.3, -0.25) is 19.3 Å². The fourth-order valence-electron chi connectivity index (χ4n) is 5.57. The van der Waals surface area contributed by atoms with Crippen molar-refractivity contribution in [3.8, 4) is 28.0 Å². The van der Waals surface area contributed by atoms with Crippen molar-refractivity contribution in [2.24, 2.45) is 5.92 Å². The molecule has 0 aromatic heterocycles. The normalized spacial score (nSPS) is 18.5. The van der Waals surface area contributed by atoms with Crippen molar-refractivity contribution in [3.05, 3.63) is 70.5 Å². The molecule has 0 aliphatic carbocycles. The molecule has 10 nitrogen and oxygen atoms in total. The van der Waals surface area contributed by atoms with Crippen LogP contribution in [-0.2, 0) is 20.9 Å². The fourth-order valence-corrected chi connectivity index (χ4v) is 5.91. The average molecular weight is 622 g/mol. The maximum Gasteiger partial charge on any atom is 0.326 e. The number of halogens is 2. The average Bonchev–Trinajstić information content (AvgIpc) is 3.43. The van der Waals surface area contributed by atoms with E-state index >= 15 is 4.39 Å². The first-order valence-electron chi connectivity index (χ1n) is 14.1. The molecule has 12 heteroatoms. The first-order valence-corrected chi connectivity index (χ1v) is 14.5. The van der Waals surface area contributed by atoms with E-state index in [4.69, 9.17) is 16.3 Å². The Morgan fingerprint density at radius 1 is 1.09 bits per heavy atom. The Balaban J connectivity index is 1.41. The Labute approximate surface area is 259 Å². The summed E-state index contributed by atoms with van der Waals surface area (Å²) in [4.78, 5) is 51.7. The van der Waals surface area contributed by atoms with E-state index in [1.807, 2.05) is 25.1 Å². The van der Waals surface area contributed by atoms with E-state index in [2.05, 4.69) is 16.0 Å². The Hall–Kier alpha value is -4.48. The van der Waals surface area contributed by atoms with Crippen LogP contribution >= 0.6 is 11.6 Å². The van der Waals surface area contributed by atoms with Gasteiger partial charge < -0.3 is 25.6 Å². The maximum absolute atomic E-state index is 15.4. The van der Waals surface area contributed by atoms with Crippen molar-refractivity contribution >= 4 is 41.0 Å². The van der Waals surface area contributed by atoms with Crippen molar-refractivity contribution in [1.82, 2.24) is 20.4 Å². The number of carbonyl (C=O) groups excluding carboxylic acids is 4. The van der Waals surface area contributed by atoms with Crippen LogP contribution in [0, 0.1) is 18.7 Å². The summed E-state index contributed by atoms with van der Waals surface area (Å²) in [6, 6.07) is 13.4. The summed E-state index contributed by atoms with van der Waals surface area (Å²) in [6.45, 7) is 2.49. The Morgan fingerprint density at radius 3 is 2.50 bits per heavy atom. The minimum atomic E-state index is -1.04. The van der Waals surface area contributed by atoms with E-state index in [1.165, 1.54) is 32.2 Å². The number of imide groups is 1. The number of rotatable bonds is 8. The van der Waals surface area contributed by atoms with Gasteiger partial charge in [0, 0.05) is 68.6 Å². The molecule has 0 saturated carbocycles. The highest BCUT2D eigenvalue weighted by Gasteiger charge is 2.39. The van der Waals surface area contributed by atoms with Gasteiger partial charge in [-0.1, -0.05) is 41.9 Å². The lowest BCUT2D eigenvalue weighted by Gasteiger charge is -2.33. The second kappa shape index (κ2) is 12.6. The van der Waals surface area contributed by atoms with E-state index in [0.717, 1.165) is 10.5 Å². The molecule has 0 bridgehead atoms. The molecule has 2 aliphatic heterocycles. The number of hydrogen-bond donors (Lipinski definition) is 3. The van der Waals surface area contributed by atoms with Crippen molar-refractivity contribution < 1.29 is 28.3 Å². The Morgan fingerprint density at radius 2 is 1.80 bits per heavy atom. The van der Waals surface area contributed by atoms with Crippen molar-refractivity contribution in [2.75, 3.05) is 39.6 Å². The molecule has 2 heterocycles. The molecule has 0 spiro atoms. The van der Waals surface area contributed by atoms with Crippen molar-refractivity contribution in [2.45, 2.75) is 25.9 Å². The molecule has 0 radical (unpaired) electrons. The molecular weight excluding hydrogens is 589 g/mol. The summed E-state index contributed by atoms with van der Waals surface area (Å²) in [7, 11) is 4.36. The third-order valence-corrected chi connectivity index (χ3v) is 8.53. The first kappa shape index (κ1) is 31.0. The number of methoxy groups -OCH3 is 1. The number of nitrogens with one attached hydrogen (secondary N) is 3. The number of nitrogens with zero attached hydrogens (tertiary/aromatic N) is 2. The SMILES string of the molecule is COc1cc(-c2cccc(-c3cccc(NC(=O)C4CN(C)C(=O)N(C)C4=O)c3C)c2Cl)cc(F)c1CN[C@H]1CNC(=O)C1. The van der Waals surface area contributed by atoms with E-state index in [1.54, 1.807) is 24.3 Å². The predicted octanol–water partition coefficient (Wildman–Crippen LogP) is 4.19. The van der Waals surface area contributed by atoms with Crippen LogP contribution in [0.15, 0.2) is 48.5 Å². The number of hydrogen-bond acceptors (Lipinski definition) is 6. The minimum Gasteiger partial charge on any atom is -0.496 e. The molecule has 2 aliphatic rings. The lowest BCUT2D eigenvalue weighted by atomic mass is 9.94. The third kappa shape index (κ3) is 5.97. The zero-order valence-electron chi connectivity index (χ0n) is 24.8. The molecule has 2 fully saturated rings. The largest absolute Gasteiger partial charge is 0.496 e.